The van der Waals surface area contributed by atoms with Gasteiger partial charge >= 0.3 is 0 Å². The standard InChI is InChI=1S/C18H27NO/c1-11-8-12(2)17-15(9-11)19-14-10-13(18(3,4)5)6-7-16(14)20-17/h8-9,13-14,16,19H,6-7,10H2,1-5H3. The number of hydrogen-bond acceptors (Lipinski definition) is 2. The lowest BCUT2D eigenvalue weighted by molar-refractivity contribution is 0.0695. The highest BCUT2D eigenvalue weighted by atomic mass is 16.5. The third kappa shape index (κ3) is 2.41. The van der Waals surface area contributed by atoms with Crippen molar-refractivity contribution in [3.05, 3.63) is 23.3 Å². The van der Waals surface area contributed by atoms with Crippen LogP contribution in [0.4, 0.5) is 5.69 Å². The summed E-state index contributed by atoms with van der Waals surface area (Å²) in [6, 6.07) is 4.91. The second kappa shape index (κ2) is 4.68. The van der Waals surface area contributed by atoms with E-state index in [1.165, 1.54) is 36.1 Å². The molecule has 0 saturated heterocycles. The number of fused-ring (bicyclic) bond motifs is 2. The van der Waals surface area contributed by atoms with Gasteiger partial charge < -0.3 is 10.1 Å². The van der Waals surface area contributed by atoms with E-state index < -0.39 is 0 Å². The summed E-state index contributed by atoms with van der Waals surface area (Å²) in [5.41, 5.74) is 4.15. The minimum atomic E-state index is 0.350. The van der Waals surface area contributed by atoms with Gasteiger partial charge in [0, 0.05) is 0 Å². The zero-order chi connectivity index (χ0) is 14.5. The molecule has 3 atom stereocenters. The largest absolute Gasteiger partial charge is 0.486 e. The Hall–Kier alpha value is -1.18. The fraction of sp³-hybridized carbons (Fsp3) is 0.667. The highest BCUT2D eigenvalue weighted by molar-refractivity contribution is 5.63. The van der Waals surface area contributed by atoms with Crippen LogP contribution in [0.1, 0.15) is 51.2 Å². The molecule has 0 radical (unpaired) electrons. The Morgan fingerprint density at radius 1 is 1.15 bits per heavy atom. The van der Waals surface area contributed by atoms with E-state index in [4.69, 9.17) is 4.74 Å². The van der Waals surface area contributed by atoms with Gasteiger partial charge in [-0.05, 0) is 61.6 Å². The van der Waals surface area contributed by atoms with Gasteiger partial charge in [-0.15, -0.1) is 0 Å². The quantitative estimate of drug-likeness (QED) is 0.740. The molecule has 3 unspecified atom stereocenters. The molecule has 2 aliphatic rings. The molecule has 0 aromatic heterocycles. The minimum absolute atomic E-state index is 0.350. The molecular weight excluding hydrogens is 246 g/mol. The van der Waals surface area contributed by atoms with Gasteiger partial charge in [0.1, 0.15) is 11.9 Å². The third-order valence-corrected chi connectivity index (χ3v) is 5.04. The second-order valence-electron chi connectivity index (χ2n) is 7.74. The monoisotopic (exact) mass is 273 g/mol. The average Bonchev–Trinajstić information content (AvgIpc) is 2.35. The Labute approximate surface area is 122 Å². The zero-order valence-corrected chi connectivity index (χ0v) is 13.4. The molecule has 1 N–H and O–H groups in total. The van der Waals surface area contributed by atoms with Gasteiger partial charge in [-0.3, -0.25) is 0 Å². The van der Waals surface area contributed by atoms with Crippen LogP contribution in [-0.2, 0) is 0 Å². The molecule has 1 aliphatic heterocycles. The topological polar surface area (TPSA) is 21.3 Å². The molecular formula is C18H27NO. The van der Waals surface area contributed by atoms with Crippen LogP contribution in [0.3, 0.4) is 0 Å². The molecule has 0 bridgehead atoms. The molecule has 3 rings (SSSR count). The van der Waals surface area contributed by atoms with Gasteiger partial charge in [0.15, 0.2) is 0 Å². The lowest BCUT2D eigenvalue weighted by Gasteiger charge is -2.45. The van der Waals surface area contributed by atoms with E-state index >= 15 is 0 Å². The van der Waals surface area contributed by atoms with Gasteiger partial charge in [0.25, 0.3) is 0 Å². The fourth-order valence-electron chi connectivity index (χ4n) is 3.79. The van der Waals surface area contributed by atoms with Crippen molar-refractivity contribution in [3.8, 4) is 5.75 Å². The lowest BCUT2D eigenvalue weighted by atomic mass is 9.70. The van der Waals surface area contributed by atoms with Crippen LogP contribution in [0, 0.1) is 25.2 Å². The summed E-state index contributed by atoms with van der Waals surface area (Å²) < 4.78 is 6.32. The van der Waals surface area contributed by atoms with Gasteiger partial charge in [-0.2, -0.15) is 0 Å². The molecule has 20 heavy (non-hydrogen) atoms. The summed E-state index contributed by atoms with van der Waals surface area (Å²) in [6.07, 6.45) is 4.03. The number of aryl methyl sites for hydroxylation is 2. The molecule has 0 spiro atoms. The van der Waals surface area contributed by atoms with E-state index in [0.717, 1.165) is 11.7 Å². The Kier molecular flexibility index (Phi) is 3.23. The first-order valence-corrected chi connectivity index (χ1v) is 7.89. The molecule has 1 saturated carbocycles. The van der Waals surface area contributed by atoms with Crippen LogP contribution in [0.15, 0.2) is 12.1 Å². The number of ether oxygens (including phenoxy) is 1. The normalized spacial score (nSPS) is 28.9. The smallest absolute Gasteiger partial charge is 0.145 e. The molecule has 1 aromatic rings. The molecule has 1 heterocycles. The van der Waals surface area contributed by atoms with Gasteiger partial charge in [-0.25, -0.2) is 0 Å². The Morgan fingerprint density at radius 3 is 2.60 bits per heavy atom. The van der Waals surface area contributed by atoms with E-state index in [1.807, 2.05) is 0 Å². The molecule has 1 aromatic carbocycles. The van der Waals surface area contributed by atoms with Crippen molar-refractivity contribution < 1.29 is 4.74 Å². The summed E-state index contributed by atoms with van der Waals surface area (Å²) >= 11 is 0. The Balaban J connectivity index is 1.85. The van der Waals surface area contributed by atoms with Crippen molar-refractivity contribution in [2.75, 3.05) is 5.32 Å². The van der Waals surface area contributed by atoms with Crippen molar-refractivity contribution in [3.63, 3.8) is 0 Å². The van der Waals surface area contributed by atoms with Crippen LogP contribution in [0.5, 0.6) is 5.75 Å². The summed E-state index contributed by atoms with van der Waals surface area (Å²) in [7, 11) is 0. The molecule has 2 nitrogen and oxygen atoms in total. The maximum absolute atomic E-state index is 6.32. The maximum Gasteiger partial charge on any atom is 0.145 e. The van der Waals surface area contributed by atoms with Crippen LogP contribution < -0.4 is 10.1 Å². The first kappa shape index (κ1) is 13.8. The predicted molar refractivity (Wildman–Crippen MR) is 84.5 cm³/mol. The van der Waals surface area contributed by atoms with Crippen molar-refractivity contribution >= 4 is 5.69 Å². The summed E-state index contributed by atoms with van der Waals surface area (Å²) in [6.45, 7) is 11.4. The van der Waals surface area contributed by atoms with Crippen molar-refractivity contribution in [1.29, 1.82) is 0 Å². The van der Waals surface area contributed by atoms with E-state index in [-0.39, 0.29) is 0 Å². The van der Waals surface area contributed by atoms with Crippen LogP contribution in [0.2, 0.25) is 0 Å². The highest BCUT2D eigenvalue weighted by Crippen LogP contribution is 2.44. The average molecular weight is 273 g/mol. The maximum atomic E-state index is 6.32. The van der Waals surface area contributed by atoms with Gasteiger partial charge in [0.05, 0.1) is 11.7 Å². The number of anilines is 1. The molecule has 1 fully saturated rings. The van der Waals surface area contributed by atoms with E-state index in [2.05, 4.69) is 52.1 Å². The first-order valence-electron chi connectivity index (χ1n) is 7.89. The van der Waals surface area contributed by atoms with E-state index in [1.54, 1.807) is 0 Å². The van der Waals surface area contributed by atoms with Crippen molar-refractivity contribution in [2.24, 2.45) is 11.3 Å². The van der Waals surface area contributed by atoms with Gasteiger partial charge in [0.2, 0.25) is 0 Å². The summed E-state index contributed by atoms with van der Waals surface area (Å²) in [4.78, 5) is 0. The van der Waals surface area contributed by atoms with Crippen LogP contribution in [0.25, 0.3) is 0 Å². The van der Waals surface area contributed by atoms with Gasteiger partial charge in [-0.1, -0.05) is 26.8 Å². The zero-order valence-electron chi connectivity index (χ0n) is 13.4. The summed E-state index contributed by atoms with van der Waals surface area (Å²) in [5.74, 6) is 1.86. The molecule has 2 heteroatoms. The molecule has 0 amide bonds. The SMILES string of the molecule is Cc1cc(C)c2c(c1)NC1CC(C(C)(C)C)CCC1O2. The van der Waals surface area contributed by atoms with E-state index in [9.17, 15) is 0 Å². The lowest BCUT2D eigenvalue weighted by Crippen LogP contribution is -2.47. The second-order valence-corrected chi connectivity index (χ2v) is 7.74. The fourth-order valence-corrected chi connectivity index (χ4v) is 3.79. The van der Waals surface area contributed by atoms with Crippen molar-refractivity contribution in [1.82, 2.24) is 0 Å². The number of benzene rings is 1. The predicted octanol–water partition coefficient (Wildman–Crippen LogP) is 4.69. The van der Waals surface area contributed by atoms with Crippen LogP contribution in [-0.4, -0.2) is 12.1 Å². The number of nitrogens with one attached hydrogen (secondary N) is 1. The number of rotatable bonds is 0. The molecule has 110 valence electrons. The highest BCUT2D eigenvalue weighted by Gasteiger charge is 2.39. The van der Waals surface area contributed by atoms with Crippen LogP contribution >= 0.6 is 0 Å². The Morgan fingerprint density at radius 2 is 1.90 bits per heavy atom. The first-order chi connectivity index (χ1) is 9.34. The number of hydrogen-bond donors (Lipinski definition) is 1. The summed E-state index contributed by atoms with van der Waals surface area (Å²) in [5, 5.41) is 3.76. The van der Waals surface area contributed by atoms with Crippen molar-refractivity contribution in [2.45, 2.75) is 66.0 Å². The third-order valence-electron chi connectivity index (χ3n) is 5.04. The Bertz CT molecular complexity index is 515. The molecule has 1 aliphatic carbocycles. The minimum Gasteiger partial charge on any atom is -0.486 e. The van der Waals surface area contributed by atoms with E-state index in [0.29, 0.717) is 17.6 Å².